The third kappa shape index (κ3) is 9.36. The van der Waals surface area contributed by atoms with E-state index in [2.05, 4.69) is 0 Å². The fourth-order valence-electron chi connectivity index (χ4n) is 10.1. The molecule has 64 heavy (non-hydrogen) atoms. The van der Waals surface area contributed by atoms with Gasteiger partial charge in [0.15, 0.2) is 0 Å². The zero-order valence-corrected chi connectivity index (χ0v) is 37.8. The molecular formula is C48H64FN7O8. The number of hydrogen-bond acceptors (Lipinski definition) is 7. The Hall–Kier alpha value is -6.19. The van der Waals surface area contributed by atoms with Gasteiger partial charge in [0.1, 0.15) is 29.0 Å². The van der Waals surface area contributed by atoms with Gasteiger partial charge >= 0.3 is 12.2 Å². The van der Waals surface area contributed by atoms with Crippen molar-refractivity contribution < 1.29 is 43.4 Å². The predicted molar refractivity (Wildman–Crippen MR) is 240 cm³/mol. The number of nitrogens with two attached hydrogens (primary N) is 2. The first-order chi connectivity index (χ1) is 30.4. The Morgan fingerprint density at radius 3 is 1.25 bits per heavy atom. The van der Waals surface area contributed by atoms with Crippen LogP contribution in [0.25, 0.3) is 0 Å². The first-order valence-corrected chi connectivity index (χ1v) is 22.3. The number of hydrogen-bond donors (Lipinski definition) is 4. The number of likely N-dealkylation sites (N-methyl/N-ethyl adjacent to an activating group) is 2. The van der Waals surface area contributed by atoms with Crippen LogP contribution in [0.2, 0.25) is 0 Å². The normalized spacial score (nSPS) is 19.4. The maximum atomic E-state index is 14.3. The van der Waals surface area contributed by atoms with Gasteiger partial charge < -0.3 is 36.4 Å². The summed E-state index contributed by atoms with van der Waals surface area (Å²) in [7, 11) is 2.75. The summed E-state index contributed by atoms with van der Waals surface area (Å²) >= 11 is 0. The zero-order valence-electron chi connectivity index (χ0n) is 37.8. The van der Waals surface area contributed by atoms with Crippen molar-refractivity contribution in [3.63, 3.8) is 0 Å². The van der Waals surface area contributed by atoms with Gasteiger partial charge in [-0.05, 0) is 84.0 Å². The SMILES string of the molecule is CCC(CC)[C@@H](C(=O)N1CCC[C@@]1(C(N)=O)c1ccc(CN(Cc2ccc([C@]3(C(N)=O)CCCN3C(=O)[C@H](C(CC)CC)N(C)C(=O)O)cc2)c2ccc(F)cc2)cc1)N(C)C(=O)O. The van der Waals surface area contributed by atoms with E-state index in [-0.39, 0.29) is 37.8 Å². The average Bonchev–Trinajstić information content (AvgIpc) is 3.94. The number of likely N-dealkylation sites (tertiary alicyclic amines) is 2. The second kappa shape index (κ2) is 20.5. The van der Waals surface area contributed by atoms with E-state index in [1.807, 2.05) is 56.9 Å². The number of amides is 6. The fraction of sp³-hybridized carbons (Fsp3) is 0.500. The molecule has 15 nitrogen and oxygen atoms in total. The van der Waals surface area contributed by atoms with E-state index in [1.54, 1.807) is 36.4 Å². The van der Waals surface area contributed by atoms with Crippen molar-refractivity contribution in [1.29, 1.82) is 0 Å². The fourth-order valence-corrected chi connectivity index (χ4v) is 10.1. The molecule has 0 aliphatic carbocycles. The molecule has 2 fully saturated rings. The predicted octanol–water partition coefficient (Wildman–Crippen LogP) is 6.47. The molecule has 0 saturated carbocycles. The molecule has 2 aliphatic heterocycles. The van der Waals surface area contributed by atoms with Gasteiger partial charge in [-0.15, -0.1) is 0 Å². The Labute approximate surface area is 375 Å². The molecule has 0 unspecified atom stereocenters. The monoisotopic (exact) mass is 885 g/mol. The first kappa shape index (κ1) is 48.8. The van der Waals surface area contributed by atoms with Gasteiger partial charge in [0.2, 0.25) is 23.6 Å². The van der Waals surface area contributed by atoms with E-state index in [0.717, 1.165) is 20.9 Å². The lowest BCUT2D eigenvalue weighted by Crippen LogP contribution is -2.60. The van der Waals surface area contributed by atoms with Crippen molar-refractivity contribution in [2.45, 2.75) is 115 Å². The molecule has 5 rings (SSSR count). The molecule has 3 aromatic rings. The third-order valence-electron chi connectivity index (χ3n) is 13.8. The van der Waals surface area contributed by atoms with Crippen molar-refractivity contribution in [2.24, 2.45) is 23.3 Å². The number of carbonyl (C=O) groups is 6. The van der Waals surface area contributed by atoms with Gasteiger partial charge in [0.05, 0.1) is 0 Å². The minimum absolute atomic E-state index is 0.237. The summed E-state index contributed by atoms with van der Waals surface area (Å²) in [6, 6.07) is 18.6. The number of anilines is 1. The molecule has 4 atom stereocenters. The maximum absolute atomic E-state index is 14.3. The van der Waals surface area contributed by atoms with Crippen LogP contribution in [0.4, 0.5) is 19.7 Å². The Bertz CT molecular complexity index is 2020. The van der Waals surface area contributed by atoms with Crippen LogP contribution in [0, 0.1) is 17.7 Å². The second-order valence-corrected chi connectivity index (χ2v) is 17.2. The van der Waals surface area contributed by atoms with Crippen LogP contribution in [0.3, 0.4) is 0 Å². The Kier molecular flexibility index (Phi) is 15.7. The summed E-state index contributed by atoms with van der Waals surface area (Å²) in [4.78, 5) is 87.0. The molecule has 0 spiro atoms. The van der Waals surface area contributed by atoms with Crippen molar-refractivity contribution in [1.82, 2.24) is 19.6 Å². The highest BCUT2D eigenvalue weighted by molar-refractivity contribution is 5.96. The van der Waals surface area contributed by atoms with Crippen LogP contribution in [0.1, 0.15) is 101 Å². The lowest BCUT2D eigenvalue weighted by Gasteiger charge is -2.41. The summed E-state index contributed by atoms with van der Waals surface area (Å²) < 4.78 is 14.2. The Morgan fingerprint density at radius 2 is 0.953 bits per heavy atom. The van der Waals surface area contributed by atoms with Gasteiger partial charge in [0.25, 0.3) is 0 Å². The molecule has 2 aliphatic rings. The van der Waals surface area contributed by atoms with Crippen LogP contribution >= 0.6 is 0 Å². The highest BCUT2D eigenvalue weighted by atomic mass is 19.1. The van der Waals surface area contributed by atoms with E-state index in [0.29, 0.717) is 68.4 Å². The third-order valence-corrected chi connectivity index (χ3v) is 13.8. The molecule has 6 amide bonds. The van der Waals surface area contributed by atoms with Crippen LogP contribution in [0.5, 0.6) is 0 Å². The molecule has 16 heteroatoms. The van der Waals surface area contributed by atoms with Crippen molar-refractivity contribution in [3.05, 3.63) is 101 Å². The lowest BCUT2D eigenvalue weighted by molar-refractivity contribution is -0.149. The topological polar surface area (TPSA) is 211 Å². The number of nitrogens with zero attached hydrogens (tertiary/aromatic N) is 5. The van der Waals surface area contributed by atoms with E-state index in [9.17, 15) is 43.4 Å². The molecule has 346 valence electrons. The number of halogens is 1. The number of carboxylic acid groups (broad SMARTS) is 2. The molecule has 0 radical (unpaired) electrons. The highest BCUT2D eigenvalue weighted by Crippen LogP contribution is 2.42. The van der Waals surface area contributed by atoms with Gasteiger partial charge in [-0.1, -0.05) is 102 Å². The second-order valence-electron chi connectivity index (χ2n) is 17.2. The van der Waals surface area contributed by atoms with Crippen LogP contribution in [-0.4, -0.2) is 105 Å². The standard InChI is InChI=1S/C48H64FN7O8/c1-7-33(8-2)39(52(5)45(61)62)41(57)55-27-11-25-47(55,43(50)59)35-17-13-31(14-18-35)29-54(38-23-21-37(49)22-24-38)30-32-15-19-36(20-16-32)48(44(51)60)26-12-28-56(48)42(58)40(34(9-3)10-4)53(6)46(63)64/h13-24,33-34,39-40H,7-12,25-30H2,1-6H3,(H2,50,59)(H2,51,60)(H,61,62)(H,63,64)/t39-,40-,47-,48-/m0/s1. The Balaban J connectivity index is 1.45. The van der Waals surface area contributed by atoms with Crippen molar-refractivity contribution in [3.8, 4) is 0 Å². The number of carbonyl (C=O) groups excluding carboxylic acids is 4. The number of primary amides is 2. The van der Waals surface area contributed by atoms with Gasteiger partial charge in [-0.3, -0.25) is 29.0 Å². The summed E-state index contributed by atoms with van der Waals surface area (Å²) in [6.07, 6.45) is 1.31. The summed E-state index contributed by atoms with van der Waals surface area (Å²) in [5.74, 6) is -3.27. The molecule has 2 heterocycles. The minimum atomic E-state index is -1.49. The summed E-state index contributed by atoms with van der Waals surface area (Å²) in [6.45, 7) is 8.76. The number of rotatable bonds is 19. The van der Waals surface area contributed by atoms with Crippen molar-refractivity contribution in [2.75, 3.05) is 32.1 Å². The van der Waals surface area contributed by atoms with E-state index in [4.69, 9.17) is 11.5 Å². The van der Waals surface area contributed by atoms with Gasteiger partial charge in [-0.2, -0.15) is 0 Å². The zero-order chi connectivity index (χ0) is 47.1. The molecule has 6 N–H and O–H groups in total. The molecule has 0 aromatic heterocycles. The summed E-state index contributed by atoms with van der Waals surface area (Å²) in [5.41, 5.74) is 12.7. The highest BCUT2D eigenvalue weighted by Gasteiger charge is 2.54. The maximum Gasteiger partial charge on any atom is 0.407 e. The molecule has 2 saturated heterocycles. The van der Waals surface area contributed by atoms with Crippen molar-refractivity contribution >= 4 is 41.5 Å². The minimum Gasteiger partial charge on any atom is -0.465 e. The quantitative estimate of drug-likeness (QED) is 0.104. The van der Waals surface area contributed by atoms with Crippen LogP contribution in [-0.2, 0) is 43.3 Å². The molecule has 3 aromatic carbocycles. The van der Waals surface area contributed by atoms with Gasteiger partial charge in [0, 0.05) is 46.0 Å². The van der Waals surface area contributed by atoms with Crippen LogP contribution in [0.15, 0.2) is 72.8 Å². The van der Waals surface area contributed by atoms with Crippen LogP contribution < -0.4 is 16.4 Å². The summed E-state index contributed by atoms with van der Waals surface area (Å²) in [5, 5.41) is 19.8. The first-order valence-electron chi connectivity index (χ1n) is 22.3. The van der Waals surface area contributed by atoms with Gasteiger partial charge in [-0.25, -0.2) is 14.0 Å². The Morgan fingerprint density at radius 1 is 0.609 bits per heavy atom. The van der Waals surface area contributed by atoms with E-state index in [1.165, 1.54) is 36.0 Å². The molecular weight excluding hydrogens is 822 g/mol. The largest absolute Gasteiger partial charge is 0.465 e. The van der Waals surface area contributed by atoms with E-state index >= 15 is 0 Å². The molecule has 0 bridgehead atoms. The smallest absolute Gasteiger partial charge is 0.407 e. The van der Waals surface area contributed by atoms with E-state index < -0.39 is 64.8 Å². The lowest BCUT2D eigenvalue weighted by atomic mass is 9.84. The number of benzene rings is 3. The average molecular weight is 886 g/mol.